The number of benzene rings is 1. The average Bonchev–Trinajstić information content (AvgIpc) is 2.76. The number of nitrogens with zero attached hydrogens (tertiary/aromatic N) is 2. The molecule has 1 aromatic carbocycles. The van der Waals surface area contributed by atoms with E-state index in [4.69, 9.17) is 0 Å². The molecule has 0 aliphatic heterocycles. The SMILES string of the molecule is CCCNCCNc1cc2nc(C)sc2cc1[N+](=O)[O-]. The average molecular weight is 294 g/mol. The molecular formula is C13H18N4O2S. The van der Waals surface area contributed by atoms with E-state index >= 15 is 0 Å². The van der Waals surface area contributed by atoms with Crippen molar-refractivity contribution >= 4 is 32.9 Å². The predicted molar refractivity (Wildman–Crippen MR) is 82.7 cm³/mol. The highest BCUT2D eigenvalue weighted by Gasteiger charge is 2.16. The minimum absolute atomic E-state index is 0.108. The Labute approximate surface area is 121 Å². The summed E-state index contributed by atoms with van der Waals surface area (Å²) in [6.07, 6.45) is 1.07. The summed E-state index contributed by atoms with van der Waals surface area (Å²) in [6, 6.07) is 3.36. The van der Waals surface area contributed by atoms with Gasteiger partial charge in [-0.2, -0.15) is 0 Å². The van der Waals surface area contributed by atoms with Gasteiger partial charge in [0.15, 0.2) is 0 Å². The van der Waals surface area contributed by atoms with Crippen LogP contribution in [0.4, 0.5) is 11.4 Å². The van der Waals surface area contributed by atoms with E-state index in [2.05, 4.69) is 22.5 Å². The number of hydrogen-bond donors (Lipinski definition) is 2. The van der Waals surface area contributed by atoms with Gasteiger partial charge >= 0.3 is 0 Å². The third kappa shape index (κ3) is 3.43. The van der Waals surface area contributed by atoms with Crippen molar-refractivity contribution in [3.8, 4) is 0 Å². The third-order valence-electron chi connectivity index (χ3n) is 2.85. The van der Waals surface area contributed by atoms with Crippen molar-refractivity contribution in [1.29, 1.82) is 0 Å². The predicted octanol–water partition coefficient (Wildman–Crippen LogP) is 2.92. The van der Waals surface area contributed by atoms with Crippen LogP contribution in [-0.2, 0) is 0 Å². The maximum Gasteiger partial charge on any atom is 0.293 e. The number of nitrogens with one attached hydrogen (secondary N) is 2. The fourth-order valence-corrected chi connectivity index (χ4v) is 2.80. The van der Waals surface area contributed by atoms with Crippen LogP contribution in [0.15, 0.2) is 12.1 Å². The van der Waals surface area contributed by atoms with Crippen LogP contribution in [0.3, 0.4) is 0 Å². The molecule has 2 aromatic rings. The summed E-state index contributed by atoms with van der Waals surface area (Å²) in [5.41, 5.74) is 1.45. The summed E-state index contributed by atoms with van der Waals surface area (Å²) in [5.74, 6) is 0. The summed E-state index contributed by atoms with van der Waals surface area (Å²) in [5, 5.41) is 18.4. The molecule has 0 saturated heterocycles. The van der Waals surface area contributed by atoms with Gasteiger partial charge in [-0.3, -0.25) is 10.1 Å². The smallest absolute Gasteiger partial charge is 0.293 e. The maximum absolute atomic E-state index is 11.1. The second kappa shape index (κ2) is 6.62. The molecule has 2 rings (SSSR count). The molecule has 7 heteroatoms. The standard InChI is InChI=1S/C13H18N4O2S/c1-3-4-14-5-6-15-10-7-11-13(20-9(2)16-11)8-12(10)17(18)19/h7-8,14-15H,3-6H2,1-2H3. The van der Waals surface area contributed by atoms with E-state index in [1.165, 1.54) is 11.3 Å². The molecule has 1 heterocycles. The van der Waals surface area contributed by atoms with E-state index in [-0.39, 0.29) is 10.6 Å². The van der Waals surface area contributed by atoms with Gasteiger partial charge in [0.1, 0.15) is 5.69 Å². The third-order valence-corrected chi connectivity index (χ3v) is 3.79. The maximum atomic E-state index is 11.1. The highest BCUT2D eigenvalue weighted by Crippen LogP contribution is 2.32. The Morgan fingerprint density at radius 3 is 2.85 bits per heavy atom. The number of nitro benzene ring substituents is 1. The van der Waals surface area contributed by atoms with Crippen LogP contribution < -0.4 is 10.6 Å². The molecule has 0 aliphatic rings. The van der Waals surface area contributed by atoms with Crippen LogP contribution in [0.2, 0.25) is 0 Å². The number of aryl methyl sites for hydroxylation is 1. The Balaban J connectivity index is 2.16. The molecule has 0 bridgehead atoms. The normalized spacial score (nSPS) is 10.9. The van der Waals surface area contributed by atoms with Crippen molar-refractivity contribution in [1.82, 2.24) is 10.3 Å². The van der Waals surface area contributed by atoms with E-state index in [0.29, 0.717) is 12.2 Å². The summed E-state index contributed by atoms with van der Waals surface area (Å²) in [6.45, 7) is 6.38. The first kappa shape index (κ1) is 14.7. The van der Waals surface area contributed by atoms with Gasteiger partial charge in [-0.1, -0.05) is 6.92 Å². The van der Waals surface area contributed by atoms with Gasteiger partial charge in [0.25, 0.3) is 5.69 Å². The van der Waals surface area contributed by atoms with E-state index in [1.54, 1.807) is 12.1 Å². The Morgan fingerprint density at radius 1 is 1.35 bits per heavy atom. The molecule has 0 fully saturated rings. The lowest BCUT2D eigenvalue weighted by molar-refractivity contribution is -0.383. The van der Waals surface area contributed by atoms with E-state index in [1.807, 2.05) is 6.92 Å². The van der Waals surface area contributed by atoms with Gasteiger partial charge in [0.2, 0.25) is 0 Å². The van der Waals surface area contributed by atoms with Crippen LogP contribution in [-0.4, -0.2) is 29.5 Å². The highest BCUT2D eigenvalue weighted by atomic mass is 32.1. The molecule has 20 heavy (non-hydrogen) atoms. The molecule has 0 unspecified atom stereocenters. The lowest BCUT2D eigenvalue weighted by Crippen LogP contribution is -2.22. The largest absolute Gasteiger partial charge is 0.378 e. The molecule has 0 aliphatic carbocycles. The van der Waals surface area contributed by atoms with Gasteiger partial charge in [0.05, 0.1) is 20.1 Å². The second-order valence-electron chi connectivity index (χ2n) is 4.50. The van der Waals surface area contributed by atoms with Crippen LogP contribution in [0.25, 0.3) is 10.2 Å². The van der Waals surface area contributed by atoms with E-state index in [9.17, 15) is 10.1 Å². The molecule has 0 amide bonds. The topological polar surface area (TPSA) is 80.1 Å². The quantitative estimate of drug-likeness (QED) is 0.466. The van der Waals surface area contributed by atoms with Crippen molar-refractivity contribution in [3.05, 3.63) is 27.3 Å². The number of hydrogen-bond acceptors (Lipinski definition) is 6. The summed E-state index contributed by atoms with van der Waals surface area (Å²) < 4.78 is 0.851. The number of anilines is 1. The van der Waals surface area contributed by atoms with Gasteiger partial charge in [0, 0.05) is 19.2 Å². The highest BCUT2D eigenvalue weighted by molar-refractivity contribution is 7.18. The Hall–Kier alpha value is -1.73. The van der Waals surface area contributed by atoms with E-state index < -0.39 is 0 Å². The molecular weight excluding hydrogens is 276 g/mol. The van der Waals surface area contributed by atoms with Gasteiger partial charge in [-0.15, -0.1) is 11.3 Å². The fraction of sp³-hybridized carbons (Fsp3) is 0.462. The fourth-order valence-electron chi connectivity index (χ4n) is 1.96. The lowest BCUT2D eigenvalue weighted by Gasteiger charge is -2.07. The zero-order valence-corrected chi connectivity index (χ0v) is 12.4. The second-order valence-corrected chi connectivity index (χ2v) is 5.74. The monoisotopic (exact) mass is 294 g/mol. The zero-order valence-electron chi connectivity index (χ0n) is 11.6. The summed E-state index contributed by atoms with van der Waals surface area (Å²) in [4.78, 5) is 15.2. The molecule has 108 valence electrons. The minimum atomic E-state index is -0.351. The summed E-state index contributed by atoms with van der Waals surface area (Å²) in [7, 11) is 0. The van der Waals surface area contributed by atoms with Crippen LogP contribution in [0.5, 0.6) is 0 Å². The lowest BCUT2D eigenvalue weighted by atomic mass is 10.2. The number of nitro groups is 1. The first-order valence-corrected chi connectivity index (χ1v) is 7.43. The molecule has 1 aromatic heterocycles. The van der Waals surface area contributed by atoms with Gasteiger partial charge < -0.3 is 10.6 Å². The zero-order chi connectivity index (χ0) is 14.5. The van der Waals surface area contributed by atoms with Gasteiger partial charge in [-0.25, -0.2) is 4.98 Å². The Kier molecular flexibility index (Phi) is 4.86. The van der Waals surface area contributed by atoms with Gasteiger partial charge in [-0.05, 0) is 26.0 Å². The summed E-state index contributed by atoms with van der Waals surface area (Å²) >= 11 is 1.47. The number of aromatic nitrogens is 1. The van der Waals surface area contributed by atoms with Crippen molar-refractivity contribution in [2.45, 2.75) is 20.3 Å². The molecule has 2 N–H and O–H groups in total. The first-order chi connectivity index (χ1) is 9.61. The number of thiazole rings is 1. The van der Waals surface area contributed by atoms with Crippen molar-refractivity contribution < 1.29 is 4.92 Å². The van der Waals surface area contributed by atoms with Crippen LogP contribution in [0, 0.1) is 17.0 Å². The Morgan fingerprint density at radius 2 is 2.15 bits per heavy atom. The van der Waals surface area contributed by atoms with Crippen LogP contribution >= 0.6 is 11.3 Å². The first-order valence-electron chi connectivity index (χ1n) is 6.62. The molecule has 6 nitrogen and oxygen atoms in total. The van der Waals surface area contributed by atoms with Crippen molar-refractivity contribution in [3.63, 3.8) is 0 Å². The molecule has 0 saturated carbocycles. The number of fused-ring (bicyclic) bond motifs is 1. The Bertz CT molecular complexity index is 612. The van der Waals surface area contributed by atoms with E-state index in [0.717, 1.165) is 34.7 Å². The minimum Gasteiger partial charge on any atom is -0.378 e. The molecule has 0 radical (unpaired) electrons. The van der Waals surface area contributed by atoms with Crippen molar-refractivity contribution in [2.24, 2.45) is 0 Å². The molecule has 0 spiro atoms. The number of rotatable bonds is 7. The molecule has 0 atom stereocenters. The van der Waals surface area contributed by atoms with Crippen molar-refractivity contribution in [2.75, 3.05) is 25.0 Å². The van der Waals surface area contributed by atoms with Crippen LogP contribution in [0.1, 0.15) is 18.4 Å².